The van der Waals surface area contributed by atoms with Gasteiger partial charge < -0.3 is 9.64 Å². The van der Waals surface area contributed by atoms with Crippen molar-refractivity contribution in [1.82, 2.24) is 14.7 Å². The monoisotopic (exact) mass is 469 g/mol. The molecule has 0 amide bonds. The first-order valence-electron chi connectivity index (χ1n) is 12.7. The van der Waals surface area contributed by atoms with Crippen LogP contribution in [0.15, 0.2) is 91.0 Å². The average molecular weight is 470 g/mol. The van der Waals surface area contributed by atoms with Gasteiger partial charge in [-0.15, -0.1) is 0 Å². The van der Waals surface area contributed by atoms with Crippen molar-refractivity contribution >= 4 is 5.57 Å². The molecule has 1 heterocycles. The number of nitrogens with zero attached hydrogens (tertiary/aromatic N) is 3. The lowest BCUT2D eigenvalue weighted by molar-refractivity contribution is 0.127. The van der Waals surface area contributed by atoms with Crippen LogP contribution < -0.4 is 4.74 Å². The number of hydrogen-bond acceptors (Lipinski definition) is 4. The summed E-state index contributed by atoms with van der Waals surface area (Å²) in [7, 11) is 3.94. The molecule has 3 aromatic carbocycles. The predicted molar refractivity (Wildman–Crippen MR) is 147 cm³/mol. The molecule has 0 aromatic heterocycles. The topological polar surface area (TPSA) is 19.0 Å². The van der Waals surface area contributed by atoms with Crippen molar-refractivity contribution in [3.8, 4) is 5.75 Å². The van der Waals surface area contributed by atoms with Crippen molar-refractivity contribution in [1.29, 1.82) is 0 Å². The van der Waals surface area contributed by atoms with Crippen LogP contribution in [-0.4, -0.2) is 74.7 Å². The third-order valence-corrected chi connectivity index (χ3v) is 7.14. The summed E-state index contributed by atoms with van der Waals surface area (Å²) in [6.45, 7) is 9.94. The number of hydrogen-bond donors (Lipinski definition) is 0. The van der Waals surface area contributed by atoms with E-state index in [9.17, 15) is 0 Å². The van der Waals surface area contributed by atoms with E-state index in [1.807, 2.05) is 0 Å². The minimum absolute atomic E-state index is 0.303. The Bertz CT molecular complexity index is 1000. The average Bonchev–Trinajstić information content (AvgIpc) is 2.92. The molecule has 4 rings (SSSR count). The molecule has 184 valence electrons. The zero-order valence-corrected chi connectivity index (χ0v) is 21.4. The molecule has 4 nitrogen and oxygen atoms in total. The maximum atomic E-state index is 5.39. The number of methoxy groups -OCH3 is 1. The molecule has 0 saturated carbocycles. The second-order valence-electron chi connectivity index (χ2n) is 9.44. The minimum atomic E-state index is 0.303. The maximum absolute atomic E-state index is 5.39. The van der Waals surface area contributed by atoms with E-state index in [1.165, 1.54) is 22.3 Å². The summed E-state index contributed by atoms with van der Waals surface area (Å²) >= 11 is 0. The third-order valence-electron chi connectivity index (χ3n) is 7.14. The number of likely N-dealkylation sites (N-methyl/N-ethyl adjacent to an activating group) is 1. The summed E-state index contributed by atoms with van der Waals surface area (Å²) in [5, 5.41) is 0. The van der Waals surface area contributed by atoms with Crippen molar-refractivity contribution in [2.75, 3.05) is 60.0 Å². The number of ether oxygens (including phenoxy) is 1. The van der Waals surface area contributed by atoms with Crippen LogP contribution in [0.2, 0.25) is 0 Å². The van der Waals surface area contributed by atoms with Gasteiger partial charge in [0.2, 0.25) is 0 Å². The Labute approximate surface area is 211 Å². The Morgan fingerprint density at radius 2 is 1.43 bits per heavy atom. The molecule has 1 atom stereocenters. The molecule has 3 aromatic rings. The van der Waals surface area contributed by atoms with Crippen molar-refractivity contribution in [3.63, 3.8) is 0 Å². The van der Waals surface area contributed by atoms with Crippen molar-refractivity contribution in [2.45, 2.75) is 13.0 Å². The Kier molecular flexibility index (Phi) is 9.13. The van der Waals surface area contributed by atoms with Gasteiger partial charge in [0.1, 0.15) is 5.75 Å². The quantitative estimate of drug-likeness (QED) is 0.394. The van der Waals surface area contributed by atoms with Gasteiger partial charge in [0.15, 0.2) is 0 Å². The second kappa shape index (κ2) is 12.7. The molecule has 1 aliphatic rings. The van der Waals surface area contributed by atoms with Gasteiger partial charge in [-0.1, -0.05) is 78.9 Å². The summed E-state index contributed by atoms with van der Waals surface area (Å²) in [6.07, 6.45) is 2.41. The molecule has 0 bridgehead atoms. The lowest BCUT2D eigenvalue weighted by atomic mass is 9.97. The van der Waals surface area contributed by atoms with Crippen LogP contribution in [0.1, 0.15) is 29.7 Å². The number of rotatable bonds is 10. The van der Waals surface area contributed by atoms with Crippen LogP contribution >= 0.6 is 0 Å². The van der Waals surface area contributed by atoms with Crippen LogP contribution in [-0.2, 0) is 0 Å². The van der Waals surface area contributed by atoms with Crippen molar-refractivity contribution < 1.29 is 4.74 Å². The number of benzene rings is 3. The van der Waals surface area contributed by atoms with E-state index in [4.69, 9.17) is 4.74 Å². The summed E-state index contributed by atoms with van der Waals surface area (Å²) in [5.41, 5.74) is 5.13. The molecular weight excluding hydrogens is 430 g/mol. The zero-order valence-electron chi connectivity index (χ0n) is 21.4. The van der Waals surface area contributed by atoms with Crippen molar-refractivity contribution in [3.05, 3.63) is 108 Å². The second-order valence-corrected chi connectivity index (χ2v) is 9.44. The highest BCUT2D eigenvalue weighted by molar-refractivity contribution is 5.79. The van der Waals surface area contributed by atoms with Gasteiger partial charge in [-0.05, 0) is 48.4 Å². The molecule has 35 heavy (non-hydrogen) atoms. The molecule has 4 heteroatoms. The van der Waals surface area contributed by atoms with Crippen LogP contribution in [0.3, 0.4) is 0 Å². The smallest absolute Gasteiger partial charge is 0.118 e. The molecule has 1 fully saturated rings. The normalized spacial score (nSPS) is 15.7. The van der Waals surface area contributed by atoms with E-state index in [-0.39, 0.29) is 0 Å². The lowest BCUT2D eigenvalue weighted by Gasteiger charge is -2.35. The highest BCUT2D eigenvalue weighted by atomic mass is 16.5. The zero-order chi connectivity index (χ0) is 24.5. The Balaban J connectivity index is 1.57. The summed E-state index contributed by atoms with van der Waals surface area (Å²) in [6, 6.07) is 30.3. The first kappa shape index (κ1) is 25.2. The molecular formula is C31H39N3O. The molecule has 0 N–H and O–H groups in total. The van der Waals surface area contributed by atoms with Crippen LogP contribution in [0, 0.1) is 0 Å². The van der Waals surface area contributed by atoms with Gasteiger partial charge in [0, 0.05) is 51.9 Å². The Hall–Kier alpha value is -2.92. The van der Waals surface area contributed by atoms with Gasteiger partial charge in [-0.3, -0.25) is 9.80 Å². The minimum Gasteiger partial charge on any atom is -0.497 e. The standard InChI is InChI=1S/C31H39N3O/c1-26(27-14-16-30(35-3)17-15-27)34(25-24-33-22-20-32(2)21-23-33)19-18-31(28-10-6-4-7-11-28)29-12-8-5-9-13-29/h4-18,26H,19-25H2,1-3H3/t26-/m1/s1. The maximum Gasteiger partial charge on any atom is 0.118 e. The molecule has 1 saturated heterocycles. The van der Waals surface area contributed by atoms with Gasteiger partial charge >= 0.3 is 0 Å². The van der Waals surface area contributed by atoms with E-state index < -0.39 is 0 Å². The molecule has 0 spiro atoms. The largest absolute Gasteiger partial charge is 0.497 e. The van der Waals surface area contributed by atoms with Crippen molar-refractivity contribution in [2.24, 2.45) is 0 Å². The van der Waals surface area contributed by atoms with E-state index in [0.717, 1.165) is 51.6 Å². The van der Waals surface area contributed by atoms with E-state index in [1.54, 1.807) is 7.11 Å². The van der Waals surface area contributed by atoms with E-state index >= 15 is 0 Å². The highest BCUT2D eigenvalue weighted by Gasteiger charge is 2.19. The Morgan fingerprint density at radius 1 is 0.857 bits per heavy atom. The van der Waals surface area contributed by atoms with Gasteiger partial charge in [0.25, 0.3) is 0 Å². The fourth-order valence-electron chi connectivity index (χ4n) is 4.72. The number of piperazine rings is 1. The van der Waals surface area contributed by atoms with Crippen LogP contribution in [0.4, 0.5) is 0 Å². The van der Waals surface area contributed by atoms with Gasteiger partial charge in [-0.2, -0.15) is 0 Å². The van der Waals surface area contributed by atoms with E-state index in [2.05, 4.69) is 120 Å². The lowest BCUT2D eigenvalue weighted by Crippen LogP contribution is -2.47. The van der Waals surface area contributed by atoms with E-state index in [0.29, 0.717) is 6.04 Å². The van der Waals surface area contributed by atoms with Gasteiger partial charge in [-0.25, -0.2) is 0 Å². The summed E-state index contributed by atoms with van der Waals surface area (Å²) in [5.74, 6) is 0.903. The fraction of sp³-hybridized carbons (Fsp3) is 0.355. The highest BCUT2D eigenvalue weighted by Crippen LogP contribution is 2.26. The summed E-state index contributed by atoms with van der Waals surface area (Å²) in [4.78, 5) is 7.63. The van der Waals surface area contributed by atoms with Gasteiger partial charge in [0.05, 0.1) is 7.11 Å². The Morgan fingerprint density at radius 3 is 1.97 bits per heavy atom. The molecule has 0 radical (unpaired) electrons. The molecule has 0 aliphatic carbocycles. The SMILES string of the molecule is COc1ccc([C@@H](C)N(CC=C(c2ccccc2)c2ccccc2)CCN2CCN(C)CC2)cc1. The first-order chi connectivity index (χ1) is 17.1. The molecule has 0 unspecified atom stereocenters. The molecule has 1 aliphatic heterocycles. The predicted octanol–water partition coefficient (Wildman–Crippen LogP) is 5.44. The summed E-state index contributed by atoms with van der Waals surface area (Å²) < 4.78 is 5.39. The first-order valence-corrected chi connectivity index (χ1v) is 12.7. The third kappa shape index (κ3) is 7.04. The van der Waals surface area contributed by atoms with Crippen LogP contribution in [0.5, 0.6) is 5.75 Å². The van der Waals surface area contributed by atoms with Crippen LogP contribution in [0.25, 0.3) is 5.57 Å². The fourth-order valence-corrected chi connectivity index (χ4v) is 4.72.